The van der Waals surface area contributed by atoms with Crippen LogP contribution in [-0.4, -0.2) is 43.7 Å². The van der Waals surface area contributed by atoms with Crippen molar-refractivity contribution < 1.29 is 36.9 Å². The van der Waals surface area contributed by atoms with Crippen molar-refractivity contribution in [1.29, 1.82) is 0 Å². The predicted octanol–water partition coefficient (Wildman–Crippen LogP) is 1.91. The predicted molar refractivity (Wildman–Crippen MR) is 65.2 cm³/mol. The molecule has 0 unspecified atom stereocenters. The quantitative estimate of drug-likeness (QED) is 0.755. The Bertz CT molecular complexity index is 496. The zero-order valence-electron chi connectivity index (χ0n) is 10.9. The maximum Gasteiger partial charge on any atom is 0.383 e. The highest BCUT2D eigenvalue weighted by atomic mass is 19.3. The lowest BCUT2D eigenvalue weighted by Crippen LogP contribution is -2.40. The van der Waals surface area contributed by atoms with Crippen LogP contribution in [0, 0.1) is 0 Å². The lowest BCUT2D eigenvalue weighted by molar-refractivity contribution is -0.163. The number of hydrogen-bond acceptors (Lipinski definition) is 4. The zero-order chi connectivity index (χ0) is 16.0. The van der Waals surface area contributed by atoms with Crippen LogP contribution in [0.15, 0.2) is 18.2 Å². The van der Waals surface area contributed by atoms with E-state index in [9.17, 15) is 22.4 Å². The fraction of sp³-hybridized carbons (Fsp3) is 0.417. The molecule has 0 spiro atoms. The summed E-state index contributed by atoms with van der Waals surface area (Å²) in [4.78, 5) is 11.1. The monoisotopic (exact) mass is 311 g/mol. The molecule has 1 rings (SSSR count). The molecule has 0 aliphatic carbocycles. The second kappa shape index (κ2) is 7.11. The van der Waals surface area contributed by atoms with Crippen molar-refractivity contribution in [2.24, 2.45) is 0 Å². The van der Waals surface area contributed by atoms with E-state index in [1.54, 1.807) is 5.32 Å². The lowest BCUT2D eigenvalue weighted by Gasteiger charge is -2.16. The number of anilines is 1. The summed E-state index contributed by atoms with van der Waals surface area (Å²) in [5, 5.41) is 10.3. The van der Waals surface area contributed by atoms with Crippen LogP contribution in [0.2, 0.25) is 0 Å². The maximum absolute atomic E-state index is 12.8. The Morgan fingerprint density at radius 2 is 2.05 bits per heavy atom. The zero-order valence-corrected chi connectivity index (χ0v) is 10.9. The molecule has 0 aliphatic heterocycles. The van der Waals surface area contributed by atoms with Gasteiger partial charge in [0.1, 0.15) is 6.61 Å². The molecular weight excluding hydrogens is 298 g/mol. The third-order valence-electron chi connectivity index (χ3n) is 2.35. The van der Waals surface area contributed by atoms with Crippen LogP contribution < -0.4 is 14.8 Å². The number of methoxy groups -OCH3 is 1. The SMILES string of the molecule is COc1ccc(NC(=O)C(F)(F)C(F)F)cc1OCCO. The molecule has 1 amide bonds. The normalized spacial score (nSPS) is 11.4. The van der Waals surface area contributed by atoms with Crippen LogP contribution >= 0.6 is 0 Å². The first-order valence-electron chi connectivity index (χ1n) is 5.72. The van der Waals surface area contributed by atoms with E-state index in [0.717, 1.165) is 6.07 Å². The van der Waals surface area contributed by atoms with Crippen LogP contribution in [0.25, 0.3) is 0 Å². The number of alkyl halides is 4. The molecule has 21 heavy (non-hydrogen) atoms. The molecular formula is C12H13F4NO4. The average molecular weight is 311 g/mol. The van der Waals surface area contributed by atoms with Gasteiger partial charge >= 0.3 is 18.3 Å². The number of rotatable bonds is 7. The van der Waals surface area contributed by atoms with Crippen LogP contribution in [0.4, 0.5) is 23.2 Å². The molecule has 2 N–H and O–H groups in total. The van der Waals surface area contributed by atoms with E-state index in [4.69, 9.17) is 14.6 Å². The van der Waals surface area contributed by atoms with Gasteiger partial charge in [0.2, 0.25) is 0 Å². The summed E-state index contributed by atoms with van der Waals surface area (Å²) >= 11 is 0. The Balaban J connectivity index is 2.91. The van der Waals surface area contributed by atoms with Gasteiger partial charge in [0.15, 0.2) is 11.5 Å². The molecule has 5 nitrogen and oxygen atoms in total. The summed E-state index contributed by atoms with van der Waals surface area (Å²) in [5.41, 5.74) is -0.172. The highest BCUT2D eigenvalue weighted by Crippen LogP contribution is 2.31. The molecule has 0 atom stereocenters. The fourth-order valence-corrected chi connectivity index (χ4v) is 1.34. The van der Waals surface area contributed by atoms with Crippen molar-refractivity contribution in [3.63, 3.8) is 0 Å². The van der Waals surface area contributed by atoms with E-state index in [1.807, 2.05) is 0 Å². The number of carbonyl (C=O) groups is 1. The molecule has 118 valence electrons. The Kier molecular flexibility index (Phi) is 5.77. The number of aliphatic hydroxyl groups excluding tert-OH is 1. The van der Waals surface area contributed by atoms with Crippen molar-refractivity contribution in [1.82, 2.24) is 0 Å². The summed E-state index contributed by atoms with van der Waals surface area (Å²) in [6.45, 7) is -0.399. The molecule has 0 saturated heterocycles. The largest absolute Gasteiger partial charge is 0.493 e. The third kappa shape index (κ3) is 4.22. The summed E-state index contributed by atoms with van der Waals surface area (Å²) in [7, 11) is 1.32. The van der Waals surface area contributed by atoms with Gasteiger partial charge in [0, 0.05) is 11.8 Å². The van der Waals surface area contributed by atoms with Crippen molar-refractivity contribution >= 4 is 11.6 Å². The van der Waals surface area contributed by atoms with E-state index in [0.29, 0.717) is 0 Å². The van der Waals surface area contributed by atoms with Crippen molar-refractivity contribution in [3.8, 4) is 11.5 Å². The second-order valence-corrected chi connectivity index (χ2v) is 3.82. The summed E-state index contributed by atoms with van der Waals surface area (Å²) in [6.07, 6.45) is -4.11. The molecule has 0 bridgehead atoms. The number of amides is 1. The van der Waals surface area contributed by atoms with E-state index >= 15 is 0 Å². The van der Waals surface area contributed by atoms with Gasteiger partial charge in [0.25, 0.3) is 0 Å². The minimum atomic E-state index is -4.80. The van der Waals surface area contributed by atoms with Crippen molar-refractivity contribution in [2.45, 2.75) is 12.3 Å². The molecule has 0 heterocycles. The number of aliphatic hydroxyl groups is 1. The first-order valence-corrected chi connectivity index (χ1v) is 5.72. The van der Waals surface area contributed by atoms with Crippen molar-refractivity contribution in [3.05, 3.63) is 18.2 Å². The van der Waals surface area contributed by atoms with Gasteiger partial charge in [-0.05, 0) is 12.1 Å². The van der Waals surface area contributed by atoms with E-state index in [1.165, 1.54) is 19.2 Å². The second-order valence-electron chi connectivity index (χ2n) is 3.82. The molecule has 1 aromatic rings. The maximum atomic E-state index is 12.8. The molecule has 1 aromatic carbocycles. The van der Waals surface area contributed by atoms with Crippen LogP contribution in [0.1, 0.15) is 0 Å². The minimum Gasteiger partial charge on any atom is -0.493 e. The first kappa shape index (κ1) is 17.0. The van der Waals surface area contributed by atoms with E-state index in [-0.39, 0.29) is 30.4 Å². The van der Waals surface area contributed by atoms with Crippen molar-refractivity contribution in [2.75, 3.05) is 25.6 Å². The van der Waals surface area contributed by atoms with Crippen LogP contribution in [0.3, 0.4) is 0 Å². The number of benzene rings is 1. The van der Waals surface area contributed by atoms with E-state index < -0.39 is 18.3 Å². The minimum absolute atomic E-state index is 0.0599. The topological polar surface area (TPSA) is 67.8 Å². The molecule has 0 radical (unpaired) electrons. The van der Waals surface area contributed by atoms with Gasteiger partial charge in [-0.25, -0.2) is 8.78 Å². The number of nitrogens with one attached hydrogen (secondary N) is 1. The Labute approximate surface area is 117 Å². The third-order valence-corrected chi connectivity index (χ3v) is 2.35. The molecule has 0 aromatic heterocycles. The number of ether oxygens (including phenoxy) is 2. The van der Waals surface area contributed by atoms with Gasteiger partial charge < -0.3 is 19.9 Å². The summed E-state index contributed by atoms with van der Waals surface area (Å²) < 4.78 is 59.7. The van der Waals surface area contributed by atoms with Gasteiger partial charge in [-0.2, -0.15) is 8.78 Å². The first-order chi connectivity index (χ1) is 9.82. The van der Waals surface area contributed by atoms with Gasteiger partial charge in [-0.3, -0.25) is 4.79 Å². The van der Waals surface area contributed by atoms with Gasteiger partial charge in [-0.15, -0.1) is 0 Å². The number of halogens is 4. The highest BCUT2D eigenvalue weighted by Gasteiger charge is 2.48. The Hall–Kier alpha value is -2.03. The summed E-state index contributed by atoms with van der Waals surface area (Å²) in [6, 6.07) is 3.60. The lowest BCUT2D eigenvalue weighted by atomic mass is 10.2. The van der Waals surface area contributed by atoms with Crippen LogP contribution in [-0.2, 0) is 4.79 Å². The van der Waals surface area contributed by atoms with Gasteiger partial charge in [-0.1, -0.05) is 0 Å². The summed E-state index contributed by atoms with van der Waals surface area (Å²) in [5.74, 6) is -6.64. The molecule has 0 aliphatic rings. The molecule has 0 saturated carbocycles. The smallest absolute Gasteiger partial charge is 0.383 e. The number of hydrogen-bond donors (Lipinski definition) is 2. The van der Waals surface area contributed by atoms with Crippen LogP contribution in [0.5, 0.6) is 11.5 Å². The molecule has 0 fully saturated rings. The number of carbonyl (C=O) groups excluding carboxylic acids is 1. The highest BCUT2D eigenvalue weighted by molar-refractivity contribution is 5.96. The Morgan fingerprint density at radius 1 is 1.38 bits per heavy atom. The standard InChI is InChI=1S/C12H13F4NO4/c1-20-8-3-2-7(6-9(8)21-5-4-18)17-11(19)12(15,16)10(13)14/h2-3,6,10,18H,4-5H2,1H3,(H,17,19). The molecule has 9 heteroatoms. The average Bonchev–Trinajstić information content (AvgIpc) is 2.44. The van der Waals surface area contributed by atoms with Gasteiger partial charge in [0.05, 0.1) is 13.7 Å². The van der Waals surface area contributed by atoms with E-state index in [2.05, 4.69) is 0 Å². The Morgan fingerprint density at radius 3 is 2.57 bits per heavy atom. The fourth-order valence-electron chi connectivity index (χ4n) is 1.34.